The first kappa shape index (κ1) is 15.7. The van der Waals surface area contributed by atoms with E-state index in [4.69, 9.17) is 4.74 Å². The molecule has 6 heteroatoms. The summed E-state index contributed by atoms with van der Waals surface area (Å²) in [7, 11) is 0. The van der Waals surface area contributed by atoms with Gasteiger partial charge >= 0.3 is 0 Å². The van der Waals surface area contributed by atoms with E-state index in [1.54, 1.807) is 6.07 Å². The van der Waals surface area contributed by atoms with E-state index in [9.17, 15) is 9.90 Å². The van der Waals surface area contributed by atoms with Crippen LogP contribution < -0.4 is 5.32 Å². The molecule has 0 radical (unpaired) electrons. The fourth-order valence-corrected chi connectivity index (χ4v) is 2.66. The van der Waals surface area contributed by atoms with E-state index in [0.717, 1.165) is 11.3 Å². The average molecular weight is 315 g/mol. The van der Waals surface area contributed by atoms with Gasteiger partial charge in [0, 0.05) is 12.2 Å². The molecule has 0 unspecified atom stereocenters. The third kappa shape index (κ3) is 3.13. The summed E-state index contributed by atoms with van der Waals surface area (Å²) in [4.78, 5) is 12.4. The van der Waals surface area contributed by atoms with Crippen LogP contribution in [0.2, 0.25) is 0 Å². The summed E-state index contributed by atoms with van der Waals surface area (Å²) in [5.41, 5.74) is 3.76. The number of nitrogens with zero attached hydrogens (tertiary/aromatic N) is 1. The predicted molar refractivity (Wildman–Crippen MR) is 86.2 cm³/mol. The molecule has 0 bridgehead atoms. The van der Waals surface area contributed by atoms with Crippen molar-refractivity contribution in [2.75, 3.05) is 19.8 Å². The lowest BCUT2D eigenvalue weighted by Crippen LogP contribution is -2.52. The Morgan fingerprint density at radius 2 is 2.22 bits per heavy atom. The number of aromatic amines is 1. The quantitative estimate of drug-likeness (QED) is 0.799. The molecule has 0 saturated carbocycles. The van der Waals surface area contributed by atoms with E-state index >= 15 is 0 Å². The van der Waals surface area contributed by atoms with Gasteiger partial charge in [0.15, 0.2) is 0 Å². The molecular formula is C17H21N3O3. The Bertz CT molecular complexity index is 718. The Balaban J connectivity index is 1.78. The van der Waals surface area contributed by atoms with Gasteiger partial charge in [-0.05, 0) is 43.5 Å². The Kier molecular flexibility index (Phi) is 4.19. The van der Waals surface area contributed by atoms with Gasteiger partial charge in [-0.25, -0.2) is 0 Å². The van der Waals surface area contributed by atoms with Crippen molar-refractivity contribution < 1.29 is 14.6 Å². The lowest BCUT2D eigenvalue weighted by atomic mass is 10.00. The van der Waals surface area contributed by atoms with Gasteiger partial charge in [0.25, 0.3) is 5.91 Å². The van der Waals surface area contributed by atoms with Crippen molar-refractivity contribution in [3.05, 3.63) is 41.1 Å². The molecule has 6 nitrogen and oxygen atoms in total. The monoisotopic (exact) mass is 315 g/mol. The first-order chi connectivity index (χ1) is 11.0. The fourth-order valence-electron chi connectivity index (χ4n) is 2.66. The van der Waals surface area contributed by atoms with Crippen LogP contribution in [0.1, 0.15) is 28.0 Å². The number of aliphatic hydroxyl groups is 1. The molecule has 1 amide bonds. The number of nitrogens with one attached hydrogen (secondary N) is 2. The van der Waals surface area contributed by atoms with E-state index in [-0.39, 0.29) is 12.5 Å². The number of aromatic nitrogens is 2. The van der Waals surface area contributed by atoms with Crippen LogP contribution in [0, 0.1) is 13.8 Å². The Morgan fingerprint density at radius 1 is 1.39 bits per heavy atom. The smallest absolute Gasteiger partial charge is 0.269 e. The van der Waals surface area contributed by atoms with Crippen molar-refractivity contribution in [3.8, 4) is 11.3 Å². The van der Waals surface area contributed by atoms with E-state index in [1.807, 2.05) is 25.1 Å². The lowest BCUT2D eigenvalue weighted by molar-refractivity contribution is 0.0785. The van der Waals surface area contributed by atoms with Crippen LogP contribution in [0.15, 0.2) is 24.3 Å². The van der Waals surface area contributed by atoms with Crippen molar-refractivity contribution in [1.29, 1.82) is 0 Å². The summed E-state index contributed by atoms with van der Waals surface area (Å²) in [5, 5.41) is 19.4. The Hall–Kier alpha value is -2.18. The number of aryl methyl sites for hydroxylation is 2. The number of aliphatic hydroxyl groups excluding tert-OH is 1. The maximum absolute atomic E-state index is 12.4. The summed E-state index contributed by atoms with van der Waals surface area (Å²) in [5.74, 6) is -0.285. The minimum absolute atomic E-state index is 0.142. The first-order valence-corrected chi connectivity index (χ1v) is 7.67. The van der Waals surface area contributed by atoms with Gasteiger partial charge in [-0.3, -0.25) is 9.89 Å². The van der Waals surface area contributed by atoms with Crippen molar-refractivity contribution >= 4 is 5.91 Å². The molecule has 0 spiro atoms. The summed E-state index contributed by atoms with van der Waals surface area (Å²) >= 11 is 0. The summed E-state index contributed by atoms with van der Waals surface area (Å²) < 4.78 is 5.29. The number of amides is 1. The summed E-state index contributed by atoms with van der Waals surface area (Å²) in [6, 6.07) is 7.80. The molecule has 1 aromatic heterocycles. The van der Waals surface area contributed by atoms with Crippen molar-refractivity contribution in [2.45, 2.75) is 25.8 Å². The summed E-state index contributed by atoms with van der Waals surface area (Å²) in [6.45, 7) is 4.83. The van der Waals surface area contributed by atoms with Gasteiger partial charge in [0.1, 0.15) is 5.69 Å². The van der Waals surface area contributed by atoms with Crippen molar-refractivity contribution in [1.82, 2.24) is 15.5 Å². The topological polar surface area (TPSA) is 87.2 Å². The molecule has 0 aliphatic carbocycles. The van der Waals surface area contributed by atoms with Gasteiger partial charge in [-0.1, -0.05) is 12.1 Å². The normalized spacial score (nSPS) is 20.7. The number of H-pyrrole nitrogens is 1. The van der Waals surface area contributed by atoms with Gasteiger partial charge < -0.3 is 15.2 Å². The minimum Gasteiger partial charge on any atom is -0.394 e. The standard InChI is InChI=1S/C17H21N3O3/c1-11-3-4-13(7-12(11)2)14-8-15(20-19-14)16(22)18-17(9-21)5-6-23-10-17/h3-4,7-8,21H,5-6,9-10H2,1-2H3,(H,18,22)(H,19,20)/t17-/m1/s1. The highest BCUT2D eigenvalue weighted by Gasteiger charge is 2.36. The number of benzene rings is 1. The SMILES string of the molecule is Cc1ccc(-c2cc(C(=O)N[C@@]3(CO)CCOC3)[nH]n2)cc1C. The van der Waals surface area contributed by atoms with Gasteiger partial charge in [-0.2, -0.15) is 5.10 Å². The van der Waals surface area contributed by atoms with E-state index in [1.165, 1.54) is 11.1 Å². The average Bonchev–Trinajstić information content (AvgIpc) is 3.20. The van der Waals surface area contributed by atoms with Gasteiger partial charge in [-0.15, -0.1) is 0 Å². The van der Waals surface area contributed by atoms with Crippen molar-refractivity contribution in [3.63, 3.8) is 0 Å². The highest BCUT2D eigenvalue weighted by molar-refractivity contribution is 5.94. The maximum Gasteiger partial charge on any atom is 0.269 e. The number of hydrogen-bond acceptors (Lipinski definition) is 4. The molecule has 23 heavy (non-hydrogen) atoms. The molecule has 3 N–H and O–H groups in total. The number of hydrogen-bond donors (Lipinski definition) is 3. The van der Waals surface area contributed by atoms with Crippen LogP contribution in [0.3, 0.4) is 0 Å². The second-order valence-corrected chi connectivity index (χ2v) is 6.16. The largest absolute Gasteiger partial charge is 0.394 e. The highest BCUT2D eigenvalue weighted by Crippen LogP contribution is 2.22. The zero-order chi connectivity index (χ0) is 16.4. The number of carbonyl (C=O) groups is 1. The molecule has 1 atom stereocenters. The highest BCUT2D eigenvalue weighted by atomic mass is 16.5. The van der Waals surface area contributed by atoms with E-state index < -0.39 is 5.54 Å². The molecule has 2 aromatic rings. The molecule has 122 valence electrons. The predicted octanol–water partition coefficient (Wildman–Crippen LogP) is 1.57. The third-order valence-corrected chi connectivity index (χ3v) is 4.41. The Morgan fingerprint density at radius 3 is 2.87 bits per heavy atom. The van der Waals surface area contributed by atoms with Crippen molar-refractivity contribution in [2.24, 2.45) is 0 Å². The first-order valence-electron chi connectivity index (χ1n) is 7.67. The zero-order valence-corrected chi connectivity index (χ0v) is 13.3. The van der Waals surface area contributed by atoms with Gasteiger partial charge in [0.2, 0.25) is 0 Å². The minimum atomic E-state index is -0.692. The molecule has 3 rings (SSSR count). The second-order valence-electron chi connectivity index (χ2n) is 6.16. The fraction of sp³-hybridized carbons (Fsp3) is 0.412. The van der Waals surface area contributed by atoms with Crippen LogP contribution in [0.25, 0.3) is 11.3 Å². The second kappa shape index (κ2) is 6.14. The third-order valence-electron chi connectivity index (χ3n) is 4.41. The van der Waals surface area contributed by atoms with E-state index in [2.05, 4.69) is 22.4 Å². The van der Waals surface area contributed by atoms with Crippen LogP contribution >= 0.6 is 0 Å². The van der Waals surface area contributed by atoms with E-state index in [0.29, 0.717) is 25.3 Å². The molecule has 2 heterocycles. The molecule has 1 saturated heterocycles. The lowest BCUT2D eigenvalue weighted by Gasteiger charge is -2.25. The molecular weight excluding hydrogens is 294 g/mol. The van der Waals surface area contributed by atoms with Crippen LogP contribution in [-0.2, 0) is 4.74 Å². The number of carbonyl (C=O) groups excluding carboxylic acids is 1. The van der Waals surface area contributed by atoms with Crippen LogP contribution in [0.4, 0.5) is 0 Å². The molecule has 1 aliphatic rings. The number of ether oxygens (including phenoxy) is 1. The van der Waals surface area contributed by atoms with Crippen LogP contribution in [0.5, 0.6) is 0 Å². The molecule has 1 fully saturated rings. The summed E-state index contributed by atoms with van der Waals surface area (Å²) in [6.07, 6.45) is 0.605. The zero-order valence-electron chi connectivity index (χ0n) is 13.3. The van der Waals surface area contributed by atoms with Gasteiger partial charge in [0.05, 0.1) is 24.4 Å². The van der Waals surface area contributed by atoms with Crippen LogP contribution in [-0.4, -0.2) is 46.6 Å². The molecule has 1 aliphatic heterocycles. The molecule has 1 aromatic carbocycles. The maximum atomic E-state index is 12.4. The number of rotatable bonds is 4. The Labute approximate surface area is 134 Å².